The van der Waals surface area contributed by atoms with Crippen molar-refractivity contribution in [2.24, 2.45) is 0 Å². The molecule has 4 nitrogen and oxygen atoms in total. The molecule has 0 saturated heterocycles. The Labute approximate surface area is 159 Å². The summed E-state index contributed by atoms with van der Waals surface area (Å²) in [5.41, 5.74) is 5.87. The maximum absolute atomic E-state index is 8.87. The third kappa shape index (κ3) is 3.95. The van der Waals surface area contributed by atoms with E-state index in [1.54, 1.807) is 6.33 Å². The normalized spacial score (nSPS) is 16.4. The van der Waals surface area contributed by atoms with Gasteiger partial charge >= 0.3 is 0 Å². The van der Waals surface area contributed by atoms with Crippen molar-refractivity contribution in [3.8, 4) is 11.8 Å². The second-order valence-corrected chi connectivity index (χ2v) is 6.77. The van der Waals surface area contributed by atoms with Crippen molar-refractivity contribution < 1.29 is 5.11 Å². The molecule has 27 heavy (non-hydrogen) atoms. The summed E-state index contributed by atoms with van der Waals surface area (Å²) < 4.78 is 0. The van der Waals surface area contributed by atoms with E-state index in [1.165, 1.54) is 16.8 Å². The average Bonchev–Trinajstić information content (AvgIpc) is 3.20. The van der Waals surface area contributed by atoms with E-state index in [0.717, 1.165) is 37.2 Å². The van der Waals surface area contributed by atoms with Gasteiger partial charge in [0.25, 0.3) is 0 Å². The molecule has 1 aliphatic rings. The Morgan fingerprint density at radius 2 is 1.93 bits per heavy atom. The van der Waals surface area contributed by atoms with Gasteiger partial charge in [-0.1, -0.05) is 54.3 Å². The SMILES string of the molecule is OCC#Cc1ccc(C2c3nc[nH]c3CCN2CCc2ccccc2)cc1. The van der Waals surface area contributed by atoms with Crippen LogP contribution in [0.25, 0.3) is 0 Å². The van der Waals surface area contributed by atoms with Crippen LogP contribution in [0.3, 0.4) is 0 Å². The Morgan fingerprint density at radius 3 is 2.70 bits per heavy atom. The van der Waals surface area contributed by atoms with E-state index in [1.807, 2.05) is 12.1 Å². The minimum absolute atomic E-state index is 0.117. The number of aliphatic hydroxyl groups excluding tert-OH is 1. The van der Waals surface area contributed by atoms with Gasteiger partial charge in [0, 0.05) is 30.8 Å². The van der Waals surface area contributed by atoms with Crippen molar-refractivity contribution in [2.45, 2.75) is 18.9 Å². The van der Waals surface area contributed by atoms with Gasteiger partial charge in [0.15, 0.2) is 0 Å². The number of aromatic nitrogens is 2. The van der Waals surface area contributed by atoms with Crippen molar-refractivity contribution in [3.05, 3.63) is 89.0 Å². The van der Waals surface area contributed by atoms with Gasteiger partial charge in [-0.15, -0.1) is 0 Å². The summed E-state index contributed by atoms with van der Waals surface area (Å²) in [6.45, 7) is 1.89. The molecule has 1 aromatic heterocycles. The summed E-state index contributed by atoms with van der Waals surface area (Å²) in [5, 5.41) is 8.87. The third-order valence-corrected chi connectivity index (χ3v) is 5.09. The van der Waals surface area contributed by atoms with E-state index in [0.29, 0.717) is 0 Å². The predicted octanol–water partition coefficient (Wildman–Crippen LogP) is 2.94. The zero-order valence-electron chi connectivity index (χ0n) is 15.2. The maximum atomic E-state index is 8.87. The van der Waals surface area contributed by atoms with E-state index in [9.17, 15) is 0 Å². The molecule has 2 heterocycles. The molecule has 0 bridgehead atoms. The quantitative estimate of drug-likeness (QED) is 0.706. The Balaban J connectivity index is 1.59. The Bertz CT molecular complexity index is 935. The molecular weight excluding hydrogens is 334 g/mol. The highest BCUT2D eigenvalue weighted by atomic mass is 16.2. The molecule has 4 rings (SSSR count). The minimum Gasteiger partial charge on any atom is -0.384 e. The summed E-state index contributed by atoms with van der Waals surface area (Å²) in [4.78, 5) is 10.5. The van der Waals surface area contributed by atoms with Crippen molar-refractivity contribution >= 4 is 0 Å². The first-order valence-corrected chi connectivity index (χ1v) is 9.35. The van der Waals surface area contributed by atoms with Crippen LogP contribution < -0.4 is 0 Å². The van der Waals surface area contributed by atoms with Crippen LogP contribution in [0.4, 0.5) is 0 Å². The van der Waals surface area contributed by atoms with Gasteiger partial charge in [-0.2, -0.15) is 0 Å². The zero-order valence-corrected chi connectivity index (χ0v) is 15.2. The molecule has 1 unspecified atom stereocenters. The van der Waals surface area contributed by atoms with E-state index in [2.05, 4.69) is 69.2 Å². The first-order valence-electron chi connectivity index (χ1n) is 9.35. The van der Waals surface area contributed by atoms with E-state index < -0.39 is 0 Å². The lowest BCUT2D eigenvalue weighted by Gasteiger charge is -2.35. The first-order chi connectivity index (χ1) is 13.3. The molecule has 2 aromatic carbocycles. The van der Waals surface area contributed by atoms with Gasteiger partial charge in [0.1, 0.15) is 6.61 Å². The largest absolute Gasteiger partial charge is 0.384 e. The van der Waals surface area contributed by atoms with Gasteiger partial charge in [0.05, 0.1) is 18.1 Å². The number of H-pyrrole nitrogens is 1. The van der Waals surface area contributed by atoms with Crippen molar-refractivity contribution in [1.29, 1.82) is 0 Å². The van der Waals surface area contributed by atoms with Gasteiger partial charge in [-0.25, -0.2) is 4.98 Å². The highest BCUT2D eigenvalue weighted by Crippen LogP contribution is 2.33. The van der Waals surface area contributed by atoms with Crippen LogP contribution in [0.15, 0.2) is 60.9 Å². The van der Waals surface area contributed by atoms with Crippen LogP contribution in [-0.2, 0) is 12.8 Å². The van der Waals surface area contributed by atoms with E-state index in [4.69, 9.17) is 5.11 Å². The highest BCUT2D eigenvalue weighted by Gasteiger charge is 2.30. The number of hydrogen-bond donors (Lipinski definition) is 2. The number of fused-ring (bicyclic) bond motifs is 1. The van der Waals surface area contributed by atoms with Crippen LogP contribution in [0.2, 0.25) is 0 Å². The van der Waals surface area contributed by atoms with Gasteiger partial charge < -0.3 is 10.1 Å². The molecule has 1 atom stereocenters. The summed E-state index contributed by atoms with van der Waals surface area (Å²) in [7, 11) is 0. The lowest BCUT2D eigenvalue weighted by atomic mass is 9.94. The predicted molar refractivity (Wildman–Crippen MR) is 106 cm³/mol. The van der Waals surface area contributed by atoms with Crippen LogP contribution in [-0.4, -0.2) is 39.7 Å². The standard InChI is InChI=1S/C23H23N3O/c27-16-4-7-19-8-10-20(11-9-19)23-22-21(24-17-25-22)13-15-26(23)14-12-18-5-2-1-3-6-18/h1-3,5-6,8-11,17,23,27H,12-16H2,(H,24,25). The summed E-state index contributed by atoms with van der Waals surface area (Å²) in [5.74, 6) is 5.66. The third-order valence-electron chi connectivity index (χ3n) is 5.09. The lowest BCUT2D eigenvalue weighted by molar-refractivity contribution is 0.211. The number of rotatable bonds is 4. The van der Waals surface area contributed by atoms with Crippen molar-refractivity contribution in [2.75, 3.05) is 19.7 Å². The highest BCUT2D eigenvalue weighted by molar-refractivity contribution is 5.40. The van der Waals surface area contributed by atoms with E-state index in [-0.39, 0.29) is 12.6 Å². The second-order valence-electron chi connectivity index (χ2n) is 6.77. The molecule has 0 fully saturated rings. The minimum atomic E-state index is -0.117. The Morgan fingerprint density at radius 1 is 1.11 bits per heavy atom. The topological polar surface area (TPSA) is 52.2 Å². The van der Waals surface area contributed by atoms with Crippen molar-refractivity contribution in [1.82, 2.24) is 14.9 Å². The summed E-state index contributed by atoms with van der Waals surface area (Å²) in [6.07, 6.45) is 3.83. The monoisotopic (exact) mass is 357 g/mol. The number of imidazole rings is 1. The van der Waals surface area contributed by atoms with Crippen LogP contribution >= 0.6 is 0 Å². The fourth-order valence-electron chi connectivity index (χ4n) is 3.74. The molecule has 0 amide bonds. The number of aromatic amines is 1. The maximum Gasteiger partial charge on any atom is 0.104 e. The lowest BCUT2D eigenvalue weighted by Crippen LogP contribution is -2.37. The van der Waals surface area contributed by atoms with E-state index >= 15 is 0 Å². The van der Waals surface area contributed by atoms with Crippen molar-refractivity contribution in [3.63, 3.8) is 0 Å². The van der Waals surface area contributed by atoms with Gasteiger partial charge in [0.2, 0.25) is 0 Å². The fraction of sp³-hybridized carbons (Fsp3) is 0.261. The molecule has 0 saturated carbocycles. The number of aliphatic hydroxyl groups is 1. The molecule has 4 heteroatoms. The fourth-order valence-corrected chi connectivity index (χ4v) is 3.74. The Kier molecular flexibility index (Phi) is 5.34. The number of benzene rings is 2. The number of nitrogens with zero attached hydrogens (tertiary/aromatic N) is 2. The molecule has 136 valence electrons. The molecular formula is C23H23N3O. The molecule has 0 spiro atoms. The van der Waals surface area contributed by atoms with Crippen LogP contribution in [0, 0.1) is 11.8 Å². The number of hydrogen-bond acceptors (Lipinski definition) is 3. The van der Waals surface area contributed by atoms with Gasteiger partial charge in [-0.3, -0.25) is 4.90 Å². The molecule has 0 radical (unpaired) electrons. The summed E-state index contributed by atoms with van der Waals surface area (Å²) in [6, 6.07) is 19.1. The van der Waals surface area contributed by atoms with Gasteiger partial charge in [-0.05, 0) is 29.7 Å². The first kappa shape index (κ1) is 17.5. The zero-order chi connectivity index (χ0) is 18.5. The number of nitrogens with one attached hydrogen (secondary N) is 1. The average molecular weight is 357 g/mol. The second kappa shape index (κ2) is 8.22. The summed E-state index contributed by atoms with van der Waals surface area (Å²) >= 11 is 0. The van der Waals surface area contributed by atoms with Crippen LogP contribution in [0.5, 0.6) is 0 Å². The molecule has 0 aliphatic carbocycles. The molecule has 1 aliphatic heterocycles. The smallest absolute Gasteiger partial charge is 0.104 e. The Hall–Kier alpha value is -2.87. The van der Waals surface area contributed by atoms with Crippen LogP contribution in [0.1, 0.15) is 34.1 Å². The molecule has 3 aromatic rings. The molecule has 2 N–H and O–H groups in total.